The molecule has 5 aromatic rings. The number of pyridine rings is 1. The summed E-state index contributed by atoms with van der Waals surface area (Å²) < 4.78 is 114. The van der Waals surface area contributed by atoms with Gasteiger partial charge < -0.3 is 5.32 Å². The summed E-state index contributed by atoms with van der Waals surface area (Å²) in [6.07, 6.45) is -1.05. The highest BCUT2D eigenvalue weighted by molar-refractivity contribution is 7.89. The van der Waals surface area contributed by atoms with Gasteiger partial charge in [-0.3, -0.25) is 19.1 Å². The fraction of sp³-hybridized carbons (Fsp3) is 0.371. The number of rotatable bonds is 12. The Morgan fingerprint density at radius 2 is 1.79 bits per heavy atom. The molecular weight excluding hydrogens is 734 g/mol. The van der Waals surface area contributed by atoms with E-state index in [2.05, 4.69) is 20.5 Å². The standard InChI is InChI=1S/C35H31ClF6N6O3S/c1-43-20-11-23(22-4-5-26(36)29-27(15-52(3,50)51)45-47(2)32(22)29)30(44-13-20)17(6-16-7-18(37)10-19(38)8-16)9-21(49)14-48-33-28(31(46-48)34(39)40)24-12-25(24)35(33,41)42/h4-5,7-8,10-11,13,17,24-25,34,43H,6,9,12,14-15H2,1-3H3/t17-,24+,25-/m1/s1. The van der Waals surface area contributed by atoms with E-state index in [1.54, 1.807) is 32.3 Å². The number of carbonyl (C=O) groups is 1. The Hall–Kier alpha value is -4.44. The van der Waals surface area contributed by atoms with Crippen LogP contribution in [0.2, 0.25) is 5.02 Å². The minimum Gasteiger partial charge on any atom is -0.387 e. The van der Waals surface area contributed by atoms with Crippen LogP contribution in [-0.2, 0) is 46.3 Å². The molecule has 0 amide bonds. The van der Waals surface area contributed by atoms with Gasteiger partial charge in [-0.2, -0.15) is 19.0 Å². The third kappa shape index (κ3) is 6.44. The minimum atomic E-state index is -3.53. The van der Waals surface area contributed by atoms with Crippen molar-refractivity contribution in [1.29, 1.82) is 0 Å². The predicted octanol–water partition coefficient (Wildman–Crippen LogP) is 7.48. The van der Waals surface area contributed by atoms with E-state index >= 15 is 8.78 Å². The Morgan fingerprint density at radius 1 is 1.08 bits per heavy atom. The average molecular weight is 765 g/mol. The van der Waals surface area contributed by atoms with Crippen LogP contribution >= 0.6 is 11.6 Å². The third-order valence-electron chi connectivity index (χ3n) is 9.66. The number of ketones is 1. The highest BCUT2D eigenvalue weighted by Crippen LogP contribution is 2.68. The monoisotopic (exact) mass is 764 g/mol. The average Bonchev–Trinajstić information content (AvgIpc) is 3.59. The van der Waals surface area contributed by atoms with E-state index in [4.69, 9.17) is 11.6 Å². The van der Waals surface area contributed by atoms with Gasteiger partial charge in [-0.15, -0.1) is 0 Å². The molecule has 3 aromatic heterocycles. The Kier molecular flexibility index (Phi) is 8.92. The first kappa shape index (κ1) is 35.9. The zero-order chi connectivity index (χ0) is 37.4. The zero-order valence-corrected chi connectivity index (χ0v) is 29.5. The van der Waals surface area contributed by atoms with E-state index < -0.39 is 87.5 Å². The number of fused-ring (bicyclic) bond motifs is 4. The number of anilines is 1. The number of alkyl halides is 4. The number of aromatic nitrogens is 5. The topological polar surface area (TPSA) is 112 Å². The zero-order valence-electron chi connectivity index (χ0n) is 27.9. The number of hydrogen-bond acceptors (Lipinski definition) is 7. The molecule has 7 rings (SSSR count). The molecule has 0 spiro atoms. The van der Waals surface area contributed by atoms with Gasteiger partial charge in [0.05, 0.1) is 39.6 Å². The molecule has 3 atom stereocenters. The van der Waals surface area contributed by atoms with Crippen molar-refractivity contribution in [2.45, 2.75) is 55.7 Å². The van der Waals surface area contributed by atoms with Crippen LogP contribution in [0.3, 0.4) is 0 Å². The molecule has 0 aliphatic heterocycles. The summed E-state index contributed by atoms with van der Waals surface area (Å²) in [7, 11) is -0.271. The maximum atomic E-state index is 15.3. The van der Waals surface area contributed by atoms with Gasteiger partial charge in [-0.1, -0.05) is 17.7 Å². The molecule has 17 heteroatoms. The molecule has 2 aliphatic rings. The Balaban J connectivity index is 1.34. The molecule has 0 unspecified atom stereocenters. The molecule has 1 N–H and O–H groups in total. The number of aryl methyl sites for hydroxylation is 1. The van der Waals surface area contributed by atoms with E-state index in [0.717, 1.165) is 18.4 Å². The lowest BCUT2D eigenvalue weighted by Gasteiger charge is -2.22. The lowest BCUT2D eigenvalue weighted by Crippen LogP contribution is -2.24. The summed E-state index contributed by atoms with van der Waals surface area (Å²) in [6, 6.07) is 7.85. The number of nitrogens with one attached hydrogen (secondary N) is 1. The van der Waals surface area contributed by atoms with Gasteiger partial charge in [0, 0.05) is 66.8 Å². The fourth-order valence-electron chi connectivity index (χ4n) is 7.54. The largest absolute Gasteiger partial charge is 0.387 e. The normalized spacial score (nSPS) is 18.1. The van der Waals surface area contributed by atoms with E-state index in [-0.39, 0.29) is 40.4 Å². The lowest BCUT2D eigenvalue weighted by atomic mass is 9.86. The van der Waals surface area contributed by atoms with E-state index in [1.165, 1.54) is 10.9 Å². The summed E-state index contributed by atoms with van der Waals surface area (Å²) in [6.45, 7) is -0.746. The molecule has 0 saturated heterocycles. The van der Waals surface area contributed by atoms with Crippen molar-refractivity contribution < 1.29 is 39.6 Å². The quantitative estimate of drug-likeness (QED) is 0.131. The smallest absolute Gasteiger partial charge is 0.293 e. The van der Waals surface area contributed by atoms with Gasteiger partial charge in [0.15, 0.2) is 15.6 Å². The van der Waals surface area contributed by atoms with Crippen LogP contribution in [0.4, 0.5) is 32.0 Å². The fourth-order valence-corrected chi connectivity index (χ4v) is 8.50. The number of carbonyl (C=O) groups excluding carboxylic acids is 1. The SMILES string of the molecule is CNc1cnc([C@@H](CC(=O)Cn2nc(C(F)F)c3c2C(F)(F)[C@@H]2C[C@H]32)Cc2cc(F)cc(F)c2)c(-c2ccc(Cl)c3c(CS(C)(=O)=O)nn(C)c23)c1. The van der Waals surface area contributed by atoms with E-state index in [9.17, 15) is 30.8 Å². The number of nitrogens with zero attached hydrogens (tertiary/aromatic N) is 5. The molecule has 1 saturated carbocycles. The molecule has 2 aromatic carbocycles. The molecule has 0 radical (unpaired) electrons. The minimum absolute atomic E-state index is 0.0626. The van der Waals surface area contributed by atoms with Crippen molar-refractivity contribution in [2.24, 2.45) is 13.0 Å². The van der Waals surface area contributed by atoms with E-state index in [1.807, 2.05) is 0 Å². The number of benzene rings is 2. The maximum absolute atomic E-state index is 15.3. The van der Waals surface area contributed by atoms with Gasteiger partial charge in [0.25, 0.3) is 12.3 Å². The summed E-state index contributed by atoms with van der Waals surface area (Å²) in [4.78, 5) is 18.5. The molecular formula is C35H31ClF6N6O3S. The molecule has 9 nitrogen and oxygen atoms in total. The van der Waals surface area contributed by atoms with Crippen molar-refractivity contribution in [3.8, 4) is 11.1 Å². The highest BCUT2D eigenvalue weighted by atomic mass is 35.5. The second-order valence-electron chi connectivity index (χ2n) is 13.5. The number of halogens is 7. The molecule has 2 aliphatic carbocycles. The summed E-state index contributed by atoms with van der Waals surface area (Å²) in [5, 5.41) is 11.8. The van der Waals surface area contributed by atoms with Gasteiger partial charge in [0.1, 0.15) is 29.6 Å². The molecule has 52 heavy (non-hydrogen) atoms. The van der Waals surface area contributed by atoms with Gasteiger partial charge in [0.2, 0.25) is 0 Å². The van der Waals surface area contributed by atoms with Crippen molar-refractivity contribution in [3.63, 3.8) is 0 Å². The van der Waals surface area contributed by atoms with Crippen molar-refractivity contribution >= 4 is 43.8 Å². The van der Waals surface area contributed by atoms with Gasteiger partial charge in [-0.05, 0) is 48.6 Å². The summed E-state index contributed by atoms with van der Waals surface area (Å²) in [5.74, 6) is -9.01. The summed E-state index contributed by atoms with van der Waals surface area (Å²) in [5.41, 5.74) is 0.914. The van der Waals surface area contributed by atoms with Crippen molar-refractivity contribution in [1.82, 2.24) is 24.5 Å². The van der Waals surface area contributed by atoms with Crippen LogP contribution < -0.4 is 5.32 Å². The molecule has 3 heterocycles. The number of Topliss-reactive ketones (excluding diaryl/α,β-unsaturated/α-hetero) is 1. The first-order chi connectivity index (χ1) is 24.5. The van der Waals surface area contributed by atoms with Crippen LogP contribution in [0.25, 0.3) is 22.0 Å². The first-order valence-electron chi connectivity index (χ1n) is 16.2. The second kappa shape index (κ2) is 12.9. The Morgan fingerprint density at radius 3 is 2.44 bits per heavy atom. The van der Waals surface area contributed by atoms with Gasteiger partial charge in [-0.25, -0.2) is 26.0 Å². The molecule has 1 fully saturated rings. The van der Waals surface area contributed by atoms with Gasteiger partial charge >= 0.3 is 0 Å². The van der Waals surface area contributed by atoms with Crippen LogP contribution in [0.1, 0.15) is 65.0 Å². The first-order valence-corrected chi connectivity index (χ1v) is 18.6. The van der Waals surface area contributed by atoms with Crippen LogP contribution in [0.15, 0.2) is 42.6 Å². The Bertz CT molecular complexity index is 2360. The molecule has 0 bridgehead atoms. The third-order valence-corrected chi connectivity index (χ3v) is 10.8. The predicted molar refractivity (Wildman–Crippen MR) is 181 cm³/mol. The summed E-state index contributed by atoms with van der Waals surface area (Å²) >= 11 is 6.60. The van der Waals surface area contributed by atoms with E-state index in [0.29, 0.717) is 38.5 Å². The van der Waals surface area contributed by atoms with Crippen LogP contribution in [-0.4, -0.2) is 52.0 Å². The number of hydrogen-bond donors (Lipinski definition) is 1. The van der Waals surface area contributed by atoms with Crippen molar-refractivity contribution in [3.05, 3.63) is 93.2 Å². The molecule has 274 valence electrons. The van der Waals surface area contributed by atoms with Crippen LogP contribution in [0.5, 0.6) is 0 Å². The highest BCUT2D eigenvalue weighted by Gasteiger charge is 2.67. The maximum Gasteiger partial charge on any atom is 0.293 e. The Labute approximate surface area is 298 Å². The number of sulfone groups is 1. The van der Waals surface area contributed by atoms with Crippen LogP contribution in [0, 0.1) is 17.6 Å². The second-order valence-corrected chi connectivity index (χ2v) is 16.0. The van der Waals surface area contributed by atoms with Crippen molar-refractivity contribution in [2.75, 3.05) is 18.6 Å². The lowest BCUT2D eigenvalue weighted by molar-refractivity contribution is -0.120.